The Labute approximate surface area is 187 Å². The summed E-state index contributed by atoms with van der Waals surface area (Å²) in [5.74, 6) is -1.18. The normalized spacial score (nSPS) is 23.7. The van der Waals surface area contributed by atoms with E-state index in [1.165, 1.54) is 23.9 Å². The Morgan fingerprint density at radius 3 is 2.03 bits per heavy atom. The average Bonchev–Trinajstić information content (AvgIpc) is 3.04. The first-order valence-electron chi connectivity index (χ1n) is 9.30. The minimum absolute atomic E-state index is 0.0640. The summed E-state index contributed by atoms with van der Waals surface area (Å²) in [6, 6.07) is 18.6. The van der Waals surface area contributed by atoms with Gasteiger partial charge in [-0.05, 0) is 23.3 Å². The van der Waals surface area contributed by atoms with Gasteiger partial charge in [-0.3, -0.25) is 0 Å². The SMILES string of the molecule is O=C(/C=C/c1ccccc1)OC[C@H]1S[C@H](Br)[C@@H](F)[C@@H]1OC(=O)/C=C/c1ccccc1. The Morgan fingerprint density at radius 2 is 1.47 bits per heavy atom. The van der Waals surface area contributed by atoms with Crippen LogP contribution >= 0.6 is 27.7 Å². The number of carbonyl (C=O) groups is 2. The van der Waals surface area contributed by atoms with Gasteiger partial charge in [0.05, 0.1) is 9.41 Å². The molecule has 4 nitrogen and oxygen atoms in total. The van der Waals surface area contributed by atoms with Crippen LogP contribution in [0.25, 0.3) is 12.2 Å². The molecule has 1 saturated heterocycles. The predicted octanol–water partition coefficient (Wildman–Crippen LogP) is 5.04. The molecule has 30 heavy (non-hydrogen) atoms. The van der Waals surface area contributed by atoms with Crippen LogP contribution in [0.15, 0.2) is 72.8 Å². The maximum Gasteiger partial charge on any atom is 0.331 e. The van der Waals surface area contributed by atoms with Gasteiger partial charge in [-0.25, -0.2) is 14.0 Å². The highest BCUT2D eigenvalue weighted by Gasteiger charge is 2.46. The van der Waals surface area contributed by atoms with Crippen LogP contribution in [0, 0.1) is 0 Å². The van der Waals surface area contributed by atoms with E-state index in [-0.39, 0.29) is 6.61 Å². The van der Waals surface area contributed by atoms with Gasteiger partial charge < -0.3 is 9.47 Å². The molecule has 0 aliphatic carbocycles. The van der Waals surface area contributed by atoms with Crippen molar-refractivity contribution in [2.45, 2.75) is 21.7 Å². The van der Waals surface area contributed by atoms with E-state index in [0.29, 0.717) is 0 Å². The third-order valence-corrected chi connectivity index (χ3v) is 6.73. The molecule has 4 atom stereocenters. The molecular formula is C23H20BrFO4S. The Balaban J connectivity index is 1.54. The Bertz CT molecular complexity index is 904. The van der Waals surface area contributed by atoms with E-state index in [0.717, 1.165) is 11.1 Å². The molecule has 0 saturated carbocycles. The van der Waals surface area contributed by atoms with Gasteiger partial charge in [0.25, 0.3) is 0 Å². The fraction of sp³-hybridized carbons (Fsp3) is 0.217. The van der Waals surface area contributed by atoms with Crippen molar-refractivity contribution in [3.63, 3.8) is 0 Å². The summed E-state index contributed by atoms with van der Waals surface area (Å²) in [6.45, 7) is -0.0640. The molecule has 1 aliphatic rings. The Kier molecular flexibility index (Phi) is 8.28. The molecule has 2 aromatic carbocycles. The minimum atomic E-state index is -1.41. The van der Waals surface area contributed by atoms with Gasteiger partial charge in [-0.15, -0.1) is 11.8 Å². The lowest BCUT2D eigenvalue weighted by Crippen LogP contribution is -2.35. The van der Waals surface area contributed by atoms with Crippen molar-refractivity contribution in [3.8, 4) is 0 Å². The molecule has 2 aromatic rings. The van der Waals surface area contributed by atoms with Crippen LogP contribution in [0.4, 0.5) is 4.39 Å². The van der Waals surface area contributed by atoms with Crippen LogP contribution < -0.4 is 0 Å². The summed E-state index contributed by atoms with van der Waals surface area (Å²) >= 11 is 4.48. The highest BCUT2D eigenvalue weighted by Crippen LogP contribution is 2.41. The van der Waals surface area contributed by atoms with Crippen molar-refractivity contribution in [1.29, 1.82) is 0 Å². The molecule has 7 heteroatoms. The van der Waals surface area contributed by atoms with Crippen molar-refractivity contribution in [2.24, 2.45) is 0 Å². The summed E-state index contributed by atoms with van der Waals surface area (Å²) in [7, 11) is 0. The van der Waals surface area contributed by atoms with Gasteiger partial charge in [0.2, 0.25) is 0 Å². The first kappa shape index (κ1) is 22.3. The maximum absolute atomic E-state index is 14.5. The highest BCUT2D eigenvalue weighted by molar-refractivity contribution is 9.11. The quantitative estimate of drug-likeness (QED) is 0.309. The molecule has 1 aliphatic heterocycles. The molecule has 0 aromatic heterocycles. The van der Waals surface area contributed by atoms with E-state index in [2.05, 4.69) is 15.9 Å². The molecule has 156 valence electrons. The fourth-order valence-corrected chi connectivity index (χ4v) is 5.07. The van der Waals surface area contributed by atoms with Gasteiger partial charge in [-0.2, -0.15) is 0 Å². The first-order chi connectivity index (χ1) is 14.5. The highest BCUT2D eigenvalue weighted by atomic mass is 79.9. The van der Waals surface area contributed by atoms with Crippen LogP contribution in [0.1, 0.15) is 11.1 Å². The Morgan fingerprint density at radius 1 is 0.933 bits per heavy atom. The summed E-state index contributed by atoms with van der Waals surface area (Å²) in [6.07, 6.45) is 3.40. The lowest BCUT2D eigenvalue weighted by atomic mass is 10.2. The molecule has 3 rings (SSSR count). The molecule has 0 unspecified atom stereocenters. The van der Waals surface area contributed by atoms with E-state index in [1.807, 2.05) is 60.7 Å². The van der Waals surface area contributed by atoms with Crippen molar-refractivity contribution < 1.29 is 23.5 Å². The second-order valence-corrected chi connectivity index (χ2v) is 9.47. The smallest absolute Gasteiger partial charge is 0.331 e. The number of ether oxygens (including phenoxy) is 2. The zero-order valence-corrected chi connectivity index (χ0v) is 18.3. The summed E-state index contributed by atoms with van der Waals surface area (Å²) in [4.78, 5) is 24.1. The molecule has 1 fully saturated rings. The fourth-order valence-electron chi connectivity index (χ4n) is 2.79. The lowest BCUT2D eigenvalue weighted by molar-refractivity contribution is -0.147. The number of carbonyl (C=O) groups excluding carboxylic acids is 2. The van der Waals surface area contributed by atoms with Crippen LogP contribution in [-0.4, -0.2) is 40.2 Å². The molecular weight excluding hydrogens is 471 g/mol. The Hall–Kier alpha value is -2.38. The van der Waals surface area contributed by atoms with Crippen molar-refractivity contribution in [1.82, 2.24) is 0 Å². The standard InChI is InChI=1S/C23H20BrFO4S/c24-23-21(25)22(29-20(27)14-12-17-9-5-2-6-10-17)18(30-23)15-28-19(26)13-11-16-7-3-1-4-8-16/h1-14,18,21-23H,15H2/b13-11+,14-12+/t18-,21+,22-,23+/m1/s1. The summed E-state index contributed by atoms with van der Waals surface area (Å²) < 4.78 is 24.6. The van der Waals surface area contributed by atoms with Gasteiger partial charge >= 0.3 is 11.9 Å². The monoisotopic (exact) mass is 490 g/mol. The van der Waals surface area contributed by atoms with E-state index >= 15 is 0 Å². The van der Waals surface area contributed by atoms with Gasteiger partial charge in [0.1, 0.15) is 6.61 Å². The van der Waals surface area contributed by atoms with Crippen molar-refractivity contribution >= 4 is 51.8 Å². The largest absolute Gasteiger partial charge is 0.461 e. The molecule has 1 heterocycles. The minimum Gasteiger partial charge on any atom is -0.461 e. The molecule has 0 radical (unpaired) electrons. The van der Waals surface area contributed by atoms with E-state index in [1.54, 1.807) is 12.2 Å². The zero-order valence-electron chi connectivity index (χ0n) is 15.9. The zero-order chi connectivity index (χ0) is 21.3. The second kappa shape index (κ2) is 11.1. The molecule has 0 amide bonds. The maximum atomic E-state index is 14.5. The van der Waals surface area contributed by atoms with E-state index < -0.39 is 33.6 Å². The third kappa shape index (κ3) is 6.57. The van der Waals surface area contributed by atoms with Crippen LogP contribution in [-0.2, 0) is 19.1 Å². The predicted molar refractivity (Wildman–Crippen MR) is 121 cm³/mol. The van der Waals surface area contributed by atoms with Crippen molar-refractivity contribution in [3.05, 3.63) is 83.9 Å². The van der Waals surface area contributed by atoms with Crippen LogP contribution in [0.2, 0.25) is 0 Å². The lowest BCUT2D eigenvalue weighted by Gasteiger charge is -2.19. The second-order valence-electron chi connectivity index (χ2n) is 6.49. The first-order valence-corrected chi connectivity index (χ1v) is 11.2. The number of hydrogen-bond acceptors (Lipinski definition) is 5. The van der Waals surface area contributed by atoms with E-state index in [4.69, 9.17) is 9.47 Å². The number of alkyl halides is 2. The number of thioether (sulfide) groups is 1. The summed E-state index contributed by atoms with van der Waals surface area (Å²) in [5.41, 5.74) is 1.70. The molecule has 0 spiro atoms. The van der Waals surface area contributed by atoms with E-state index in [9.17, 15) is 14.0 Å². The number of esters is 2. The molecule has 0 bridgehead atoms. The number of halogens is 2. The molecule has 0 N–H and O–H groups in total. The van der Waals surface area contributed by atoms with Crippen LogP contribution in [0.5, 0.6) is 0 Å². The number of rotatable bonds is 7. The average molecular weight is 491 g/mol. The topological polar surface area (TPSA) is 52.6 Å². The van der Waals surface area contributed by atoms with Gasteiger partial charge in [0, 0.05) is 12.2 Å². The number of hydrogen-bond donors (Lipinski definition) is 0. The number of benzene rings is 2. The van der Waals surface area contributed by atoms with Gasteiger partial charge in [-0.1, -0.05) is 76.6 Å². The van der Waals surface area contributed by atoms with Gasteiger partial charge in [0.15, 0.2) is 12.3 Å². The summed E-state index contributed by atoms with van der Waals surface area (Å²) in [5, 5.41) is -0.507. The van der Waals surface area contributed by atoms with Crippen LogP contribution in [0.3, 0.4) is 0 Å². The third-order valence-electron chi connectivity index (χ3n) is 4.30. The van der Waals surface area contributed by atoms with Crippen molar-refractivity contribution in [2.75, 3.05) is 6.61 Å².